The van der Waals surface area contributed by atoms with Crippen molar-refractivity contribution in [3.8, 4) is 45.3 Å². The Morgan fingerprint density at radius 2 is 0.721 bits per heavy atom. The van der Waals surface area contributed by atoms with E-state index in [4.69, 9.17) is 9.47 Å². The van der Waals surface area contributed by atoms with Crippen LogP contribution in [0.2, 0.25) is 0 Å². The van der Waals surface area contributed by atoms with Crippen molar-refractivity contribution in [3.05, 3.63) is 365 Å². The first-order valence-corrected chi connectivity index (χ1v) is 29.9. The predicted molar refractivity (Wildman–Crippen MR) is 352 cm³/mol. The van der Waals surface area contributed by atoms with E-state index in [0.717, 1.165) is 75.4 Å². The fourth-order valence-corrected chi connectivity index (χ4v) is 15.1. The Labute approximate surface area is 501 Å². The molecule has 0 N–H and O–H groups in total. The maximum atomic E-state index is 7.16. The highest BCUT2D eigenvalue weighted by Crippen LogP contribution is 2.67. The van der Waals surface area contributed by atoms with Crippen molar-refractivity contribution >= 4 is 51.0 Å². The fraction of sp³-hybridized carbons (Fsp3) is 0.0488. The molecule has 0 saturated carbocycles. The Morgan fingerprint density at radius 1 is 0.302 bits per heavy atom. The maximum absolute atomic E-state index is 7.16. The lowest BCUT2D eigenvalue weighted by molar-refractivity contribution is 0.436. The van der Waals surface area contributed by atoms with Gasteiger partial charge in [0.05, 0.1) is 22.2 Å². The Kier molecular flexibility index (Phi) is 11.5. The number of rotatable bonds is 6. The van der Waals surface area contributed by atoms with Crippen molar-refractivity contribution in [2.24, 2.45) is 0 Å². The second-order valence-corrected chi connectivity index (χ2v) is 22.8. The van der Waals surface area contributed by atoms with E-state index >= 15 is 0 Å². The zero-order valence-electron chi connectivity index (χ0n) is 47.1. The number of ether oxygens (including phenoxy) is 2. The van der Waals surface area contributed by atoms with E-state index in [0.29, 0.717) is 0 Å². The molecule has 18 rings (SSSR count). The van der Waals surface area contributed by atoms with Crippen molar-refractivity contribution in [2.45, 2.75) is 23.7 Å². The van der Waals surface area contributed by atoms with Gasteiger partial charge in [-0.05, 0) is 130 Å². The van der Waals surface area contributed by atoms with Crippen LogP contribution < -0.4 is 19.3 Å². The summed E-state index contributed by atoms with van der Waals surface area (Å²) in [5.41, 5.74) is 23.3. The van der Waals surface area contributed by atoms with Gasteiger partial charge in [0.1, 0.15) is 23.0 Å². The summed E-state index contributed by atoms with van der Waals surface area (Å²) in [5, 5.41) is 2.33. The summed E-state index contributed by atoms with van der Waals surface area (Å²) in [6.45, 7) is 0. The predicted octanol–water partition coefficient (Wildman–Crippen LogP) is 21.4. The van der Waals surface area contributed by atoms with Crippen LogP contribution >= 0.6 is 0 Å². The number of nitrogens with zero attached hydrogens (tertiary/aromatic N) is 2. The summed E-state index contributed by atoms with van der Waals surface area (Å²) < 4.78 is 13.7. The first kappa shape index (κ1) is 49.7. The van der Waals surface area contributed by atoms with E-state index in [1.54, 1.807) is 0 Å². The number of aryl methyl sites for hydroxylation is 1. The third-order valence-electron chi connectivity index (χ3n) is 18.5. The molecule has 4 heteroatoms. The van der Waals surface area contributed by atoms with Crippen molar-refractivity contribution in [1.29, 1.82) is 0 Å². The molecule has 86 heavy (non-hydrogen) atoms. The second kappa shape index (κ2) is 19.9. The normalized spacial score (nSPS) is 15.2. The number of allylic oxidation sites excluding steroid dienone is 1. The Bertz CT molecular complexity index is 4720. The molecule has 2 aliphatic heterocycles. The quantitative estimate of drug-likeness (QED) is 0.166. The smallest absolute Gasteiger partial charge is 0.140 e. The van der Waals surface area contributed by atoms with Crippen LogP contribution in [-0.4, -0.2) is 0 Å². The summed E-state index contributed by atoms with van der Waals surface area (Å²) in [4.78, 5) is 4.79. The summed E-state index contributed by atoms with van der Waals surface area (Å²) in [6.07, 6.45) is 6.66. The first-order chi connectivity index (χ1) is 42.7. The monoisotopic (exact) mass is 1100 g/mol. The van der Waals surface area contributed by atoms with Gasteiger partial charge in [-0.1, -0.05) is 243 Å². The molecule has 0 aromatic heterocycles. The average Bonchev–Trinajstić information content (AvgIpc) is 1.48. The van der Waals surface area contributed by atoms with Crippen molar-refractivity contribution in [1.82, 2.24) is 0 Å². The molecular weight excluding hydrogens is 1040 g/mol. The van der Waals surface area contributed by atoms with Crippen LogP contribution in [0.4, 0.5) is 34.1 Å². The third-order valence-corrected chi connectivity index (χ3v) is 18.5. The van der Waals surface area contributed by atoms with E-state index in [-0.39, 0.29) is 0 Å². The van der Waals surface area contributed by atoms with E-state index in [9.17, 15) is 0 Å². The zero-order valence-corrected chi connectivity index (χ0v) is 47.1. The Morgan fingerprint density at radius 3 is 1.26 bits per heavy atom. The highest BCUT2D eigenvalue weighted by atomic mass is 16.5. The van der Waals surface area contributed by atoms with Crippen molar-refractivity contribution < 1.29 is 9.47 Å². The molecule has 2 spiro atoms. The van der Waals surface area contributed by atoms with Gasteiger partial charge in [0, 0.05) is 67.1 Å². The standard InChI is InChI=1S/C45H31NO.C37H25NO/c1-3-16-32(17-4-1)46(33-18-5-2-6-19-33)41-25-13-24-38-42(41)36-22-11-12-23-37(36)45(38)39-28-26-30-14-7-9-20-34(30)43(39)47-44-35-21-10-8-15-31(35)27-29-40(44)45;1-3-14-26(15-4-1)38(27-16-5-2-6-17-27)33-23-13-22-32-36(33)28-18-7-8-19-29(28)37(32)30-20-9-11-24-34(30)39-35-25-12-10-21-31(35)37/h1-7,9-14,16-29H,8,15H2;1-25H. The molecule has 2 heterocycles. The topological polar surface area (TPSA) is 24.9 Å². The molecule has 0 saturated heterocycles. The molecule has 0 amide bonds. The number of para-hydroxylation sites is 6. The molecule has 1 atom stereocenters. The lowest BCUT2D eigenvalue weighted by atomic mass is 9.65. The number of anilines is 6. The third kappa shape index (κ3) is 7.23. The SMILES string of the molecule is C1=Cc2c(ccc3c2Oc2c(ccc4ccccc24)C32c3ccccc3-c3c(N(c4ccccc4)c4ccccc4)cccc32)CC1.c1ccc(N(c2ccccc2)c2cccc3c2-c2ccccc2C32c3ccccc3Oc3ccccc32)cc1. The molecule has 406 valence electrons. The summed E-state index contributed by atoms with van der Waals surface area (Å²) in [6, 6.07) is 109. The van der Waals surface area contributed by atoms with Gasteiger partial charge in [-0.3, -0.25) is 0 Å². The molecule has 4 nitrogen and oxygen atoms in total. The van der Waals surface area contributed by atoms with Crippen LogP contribution in [0.1, 0.15) is 62.1 Å². The summed E-state index contributed by atoms with van der Waals surface area (Å²) in [5.74, 6) is 3.76. The minimum Gasteiger partial charge on any atom is -0.457 e. The number of fused-ring (bicyclic) bond motifs is 22. The van der Waals surface area contributed by atoms with E-state index < -0.39 is 10.8 Å². The van der Waals surface area contributed by atoms with Crippen LogP contribution in [-0.2, 0) is 17.3 Å². The van der Waals surface area contributed by atoms with Gasteiger partial charge in [-0.2, -0.15) is 0 Å². The Hall–Kier alpha value is -10.9. The van der Waals surface area contributed by atoms with Crippen LogP contribution in [0.15, 0.2) is 309 Å². The molecular formula is C82H56N2O2. The minimum absolute atomic E-state index is 0.480. The molecule has 13 aromatic carbocycles. The molecule has 13 aromatic rings. The van der Waals surface area contributed by atoms with Crippen molar-refractivity contribution in [2.75, 3.05) is 9.80 Å². The second-order valence-electron chi connectivity index (χ2n) is 22.8. The average molecular weight is 1100 g/mol. The zero-order chi connectivity index (χ0) is 56.8. The van der Waals surface area contributed by atoms with Gasteiger partial charge < -0.3 is 19.3 Å². The lowest BCUT2D eigenvalue weighted by Crippen LogP contribution is -2.33. The van der Waals surface area contributed by atoms with Crippen LogP contribution in [0.5, 0.6) is 23.0 Å². The molecule has 3 aliphatic carbocycles. The number of benzene rings is 13. The maximum Gasteiger partial charge on any atom is 0.140 e. The number of hydrogen-bond acceptors (Lipinski definition) is 4. The highest BCUT2D eigenvalue weighted by molar-refractivity contribution is 6.02. The van der Waals surface area contributed by atoms with Gasteiger partial charge in [0.2, 0.25) is 0 Å². The fourth-order valence-electron chi connectivity index (χ4n) is 15.1. The van der Waals surface area contributed by atoms with Crippen LogP contribution in [0.25, 0.3) is 39.1 Å². The number of hydrogen-bond donors (Lipinski definition) is 0. The van der Waals surface area contributed by atoms with Crippen LogP contribution in [0, 0.1) is 0 Å². The Balaban J connectivity index is 0.000000137. The van der Waals surface area contributed by atoms with Gasteiger partial charge >= 0.3 is 0 Å². The van der Waals surface area contributed by atoms with Gasteiger partial charge in [-0.25, -0.2) is 0 Å². The molecule has 5 aliphatic rings. The molecule has 1 unspecified atom stereocenters. The summed E-state index contributed by atoms with van der Waals surface area (Å²) in [7, 11) is 0. The van der Waals surface area contributed by atoms with Gasteiger partial charge in [-0.15, -0.1) is 0 Å². The van der Waals surface area contributed by atoms with E-state index in [1.807, 2.05) is 0 Å². The van der Waals surface area contributed by atoms with Gasteiger partial charge in [0.15, 0.2) is 0 Å². The van der Waals surface area contributed by atoms with Crippen LogP contribution in [0.3, 0.4) is 0 Å². The molecule has 0 bridgehead atoms. The van der Waals surface area contributed by atoms with Crippen molar-refractivity contribution in [3.63, 3.8) is 0 Å². The molecule has 0 fully saturated rings. The largest absolute Gasteiger partial charge is 0.457 e. The first-order valence-electron chi connectivity index (χ1n) is 29.9. The molecule has 0 radical (unpaired) electrons. The minimum atomic E-state index is -0.561. The summed E-state index contributed by atoms with van der Waals surface area (Å²) >= 11 is 0. The van der Waals surface area contributed by atoms with E-state index in [1.165, 1.54) is 83.3 Å². The lowest BCUT2D eigenvalue weighted by Gasteiger charge is -2.41. The highest BCUT2D eigenvalue weighted by Gasteiger charge is 2.54. The van der Waals surface area contributed by atoms with E-state index in [2.05, 4.69) is 325 Å². The van der Waals surface area contributed by atoms with Gasteiger partial charge in [0.25, 0.3) is 0 Å².